The first-order chi connectivity index (χ1) is 14.1. The summed E-state index contributed by atoms with van der Waals surface area (Å²) in [5.41, 5.74) is 2.23. The Kier molecular flexibility index (Phi) is 6.53. The molecule has 1 N–H and O–H groups in total. The van der Waals surface area contributed by atoms with Crippen molar-refractivity contribution in [2.45, 2.75) is 48.7 Å². The van der Waals surface area contributed by atoms with E-state index in [1.54, 1.807) is 18.7 Å². The van der Waals surface area contributed by atoms with Crippen molar-refractivity contribution < 1.29 is 14.3 Å². The molecule has 2 heterocycles. The van der Waals surface area contributed by atoms with Gasteiger partial charge in [0.05, 0.1) is 18.0 Å². The predicted molar refractivity (Wildman–Crippen MR) is 117 cm³/mol. The van der Waals surface area contributed by atoms with E-state index in [4.69, 9.17) is 21.1 Å². The first-order valence-corrected chi connectivity index (χ1v) is 11.2. The summed E-state index contributed by atoms with van der Waals surface area (Å²) in [6.45, 7) is 3.73. The Morgan fingerprint density at radius 2 is 2.14 bits per heavy atom. The van der Waals surface area contributed by atoms with Gasteiger partial charge in [0.15, 0.2) is 6.29 Å². The van der Waals surface area contributed by atoms with Gasteiger partial charge in [-0.3, -0.25) is 4.79 Å². The van der Waals surface area contributed by atoms with E-state index in [1.807, 2.05) is 18.2 Å². The number of amides is 1. The third kappa shape index (κ3) is 5.00. The second kappa shape index (κ2) is 9.28. The molecule has 2 aromatic rings. The van der Waals surface area contributed by atoms with Crippen molar-refractivity contribution in [3.63, 3.8) is 0 Å². The van der Waals surface area contributed by atoms with Crippen molar-refractivity contribution in [2.24, 2.45) is 0 Å². The molecule has 1 amide bonds. The maximum Gasteiger partial charge on any atom is 0.216 e. The average molecular weight is 433 g/mol. The van der Waals surface area contributed by atoms with Crippen molar-refractivity contribution >= 4 is 40.6 Å². The highest BCUT2D eigenvalue weighted by molar-refractivity contribution is 7.99. The van der Waals surface area contributed by atoms with Crippen molar-refractivity contribution in [1.82, 2.24) is 5.32 Å². The molecule has 0 saturated carbocycles. The number of anilines is 2. The van der Waals surface area contributed by atoms with Crippen molar-refractivity contribution in [1.29, 1.82) is 0 Å². The molecule has 7 heteroatoms. The van der Waals surface area contributed by atoms with Crippen LogP contribution in [-0.4, -0.2) is 31.9 Å². The number of hydrogen-bond acceptors (Lipinski definition) is 5. The Hall–Kier alpha value is -1.89. The van der Waals surface area contributed by atoms with E-state index >= 15 is 0 Å². The van der Waals surface area contributed by atoms with Crippen LogP contribution in [0.2, 0.25) is 5.02 Å². The Labute approximate surface area is 180 Å². The van der Waals surface area contributed by atoms with Crippen LogP contribution in [0.1, 0.15) is 32.6 Å². The maximum absolute atomic E-state index is 11.2. The molecule has 4 rings (SSSR count). The Bertz CT molecular complexity index is 886. The standard InChI is InChI=1S/C22H25ClN2O3S/c1-15(26)24-10-4-11-25-18-8-7-17(28-22-5-2-3-12-27-22)14-21(18)29-20-9-6-16(23)13-19(20)25/h6-9,13-14,22H,2-5,10-12H2,1H3,(H,24,26). The van der Waals surface area contributed by atoms with Gasteiger partial charge in [0.1, 0.15) is 5.75 Å². The van der Waals surface area contributed by atoms with Gasteiger partial charge in [-0.15, -0.1) is 0 Å². The quantitative estimate of drug-likeness (QED) is 0.621. The Morgan fingerprint density at radius 3 is 2.93 bits per heavy atom. The van der Waals surface area contributed by atoms with Gasteiger partial charge in [-0.1, -0.05) is 23.4 Å². The van der Waals surface area contributed by atoms with E-state index in [0.717, 1.165) is 65.8 Å². The second-order valence-corrected chi connectivity index (χ2v) is 8.77. The summed E-state index contributed by atoms with van der Waals surface area (Å²) in [5.74, 6) is 0.827. The van der Waals surface area contributed by atoms with E-state index in [9.17, 15) is 4.79 Å². The van der Waals surface area contributed by atoms with Crippen LogP contribution < -0.4 is 15.0 Å². The van der Waals surface area contributed by atoms with Crippen LogP contribution in [0.5, 0.6) is 5.75 Å². The number of carbonyl (C=O) groups is 1. The summed E-state index contributed by atoms with van der Waals surface area (Å²) < 4.78 is 11.8. The Morgan fingerprint density at radius 1 is 1.24 bits per heavy atom. The SMILES string of the molecule is CC(=O)NCCCN1c2ccc(OC3CCCCO3)cc2Sc2ccc(Cl)cc21. The van der Waals surface area contributed by atoms with Gasteiger partial charge < -0.3 is 19.7 Å². The highest BCUT2D eigenvalue weighted by Crippen LogP contribution is 2.50. The van der Waals surface area contributed by atoms with Crippen LogP contribution in [0.25, 0.3) is 0 Å². The lowest BCUT2D eigenvalue weighted by Crippen LogP contribution is -2.27. The highest BCUT2D eigenvalue weighted by Gasteiger charge is 2.25. The maximum atomic E-state index is 11.2. The smallest absolute Gasteiger partial charge is 0.216 e. The molecule has 0 aromatic heterocycles. The highest BCUT2D eigenvalue weighted by atomic mass is 35.5. The number of rotatable bonds is 6. The monoisotopic (exact) mass is 432 g/mol. The zero-order valence-electron chi connectivity index (χ0n) is 16.4. The second-order valence-electron chi connectivity index (χ2n) is 7.25. The molecule has 2 aliphatic rings. The zero-order valence-corrected chi connectivity index (χ0v) is 18.0. The molecule has 5 nitrogen and oxygen atoms in total. The van der Waals surface area contributed by atoms with E-state index < -0.39 is 0 Å². The normalized spacial score (nSPS) is 18.0. The molecular formula is C22H25ClN2O3S. The Balaban J connectivity index is 1.56. The van der Waals surface area contributed by atoms with Gasteiger partial charge in [0.2, 0.25) is 5.91 Å². The van der Waals surface area contributed by atoms with E-state index in [2.05, 4.69) is 28.4 Å². The summed E-state index contributed by atoms with van der Waals surface area (Å²) in [4.78, 5) is 15.7. The third-order valence-electron chi connectivity index (χ3n) is 4.99. The van der Waals surface area contributed by atoms with E-state index in [-0.39, 0.29) is 12.2 Å². The van der Waals surface area contributed by atoms with Crippen molar-refractivity contribution in [3.05, 3.63) is 41.4 Å². The molecule has 2 aromatic carbocycles. The van der Waals surface area contributed by atoms with E-state index in [0.29, 0.717) is 11.6 Å². The number of fused-ring (bicyclic) bond motifs is 2. The van der Waals surface area contributed by atoms with Crippen LogP contribution in [0.15, 0.2) is 46.2 Å². The number of benzene rings is 2. The minimum atomic E-state index is -0.157. The molecule has 1 saturated heterocycles. The molecule has 154 valence electrons. The summed E-state index contributed by atoms with van der Waals surface area (Å²) >= 11 is 8.00. The molecule has 0 bridgehead atoms. The fraction of sp³-hybridized carbons (Fsp3) is 0.409. The van der Waals surface area contributed by atoms with Crippen LogP contribution in [-0.2, 0) is 9.53 Å². The van der Waals surface area contributed by atoms with Gasteiger partial charge in [0, 0.05) is 41.2 Å². The first kappa shape index (κ1) is 20.4. The van der Waals surface area contributed by atoms with Crippen LogP contribution in [0.3, 0.4) is 0 Å². The van der Waals surface area contributed by atoms with Gasteiger partial charge in [-0.2, -0.15) is 0 Å². The molecule has 0 spiro atoms. The number of ether oxygens (including phenoxy) is 2. The average Bonchev–Trinajstić information content (AvgIpc) is 2.71. The lowest BCUT2D eigenvalue weighted by atomic mass is 10.2. The van der Waals surface area contributed by atoms with Gasteiger partial charge in [-0.05, 0) is 55.7 Å². The van der Waals surface area contributed by atoms with Gasteiger partial charge in [0.25, 0.3) is 0 Å². The fourth-order valence-electron chi connectivity index (χ4n) is 3.61. The molecule has 1 unspecified atom stereocenters. The van der Waals surface area contributed by atoms with Gasteiger partial charge in [-0.25, -0.2) is 0 Å². The largest absolute Gasteiger partial charge is 0.465 e. The minimum absolute atomic E-state index is 0.00485. The summed E-state index contributed by atoms with van der Waals surface area (Å²) in [5, 5.41) is 3.58. The van der Waals surface area contributed by atoms with E-state index in [1.165, 1.54) is 0 Å². The molecule has 0 aliphatic carbocycles. The van der Waals surface area contributed by atoms with Crippen molar-refractivity contribution in [3.8, 4) is 5.75 Å². The predicted octanol–water partition coefficient (Wildman–Crippen LogP) is 5.37. The van der Waals surface area contributed by atoms with Crippen LogP contribution in [0, 0.1) is 0 Å². The molecule has 1 atom stereocenters. The summed E-state index contributed by atoms with van der Waals surface area (Å²) in [6, 6.07) is 12.2. The number of nitrogens with zero attached hydrogens (tertiary/aromatic N) is 1. The number of halogens is 1. The van der Waals surface area contributed by atoms with Crippen molar-refractivity contribution in [2.75, 3.05) is 24.6 Å². The summed E-state index contributed by atoms with van der Waals surface area (Å²) in [7, 11) is 0. The number of hydrogen-bond donors (Lipinski definition) is 1. The molecule has 29 heavy (non-hydrogen) atoms. The minimum Gasteiger partial charge on any atom is -0.465 e. The lowest BCUT2D eigenvalue weighted by molar-refractivity contribution is -0.118. The number of carbonyl (C=O) groups excluding carboxylic acids is 1. The molecule has 1 fully saturated rings. The third-order valence-corrected chi connectivity index (χ3v) is 6.34. The zero-order chi connectivity index (χ0) is 20.2. The molecular weight excluding hydrogens is 408 g/mol. The topological polar surface area (TPSA) is 50.8 Å². The van der Waals surface area contributed by atoms with Crippen LogP contribution in [0.4, 0.5) is 11.4 Å². The molecule has 0 radical (unpaired) electrons. The molecule has 2 aliphatic heterocycles. The van der Waals surface area contributed by atoms with Crippen LogP contribution >= 0.6 is 23.4 Å². The fourth-order valence-corrected chi connectivity index (χ4v) is 4.88. The number of nitrogens with one attached hydrogen (secondary N) is 1. The first-order valence-electron chi connectivity index (χ1n) is 10.0. The van der Waals surface area contributed by atoms with Gasteiger partial charge >= 0.3 is 0 Å². The summed E-state index contributed by atoms with van der Waals surface area (Å²) in [6.07, 6.45) is 3.85. The lowest BCUT2D eigenvalue weighted by Gasteiger charge is -2.33.